The number of amides is 1. The number of methoxy groups -OCH3 is 2. The number of rotatable bonds is 7. The van der Waals surface area contributed by atoms with Gasteiger partial charge in [-0.1, -0.05) is 27.7 Å². The topological polar surface area (TPSA) is 82.5 Å². The highest BCUT2D eigenvalue weighted by Gasteiger charge is 2.26. The molecule has 0 aromatic carbocycles. The summed E-state index contributed by atoms with van der Waals surface area (Å²) < 4.78 is 11.2. The maximum absolute atomic E-state index is 12.3. The van der Waals surface area contributed by atoms with E-state index in [2.05, 4.69) is 15.1 Å². The highest BCUT2D eigenvalue weighted by molar-refractivity contribution is 5.90. The van der Waals surface area contributed by atoms with Gasteiger partial charge in [0.25, 0.3) is 0 Å². The van der Waals surface area contributed by atoms with Crippen LogP contribution in [0.5, 0.6) is 0 Å². The zero-order valence-electron chi connectivity index (χ0n) is 14.3. The number of carbonyl (C=O) groups excluding carboxylic acids is 2. The van der Waals surface area contributed by atoms with Gasteiger partial charge in [0.2, 0.25) is 5.91 Å². The predicted octanol–water partition coefficient (Wildman–Crippen LogP) is 2.22. The summed E-state index contributed by atoms with van der Waals surface area (Å²) in [6.07, 6.45) is 3.90. The van der Waals surface area contributed by atoms with Crippen LogP contribution in [0.1, 0.15) is 51.0 Å². The van der Waals surface area contributed by atoms with E-state index >= 15 is 0 Å². The van der Waals surface area contributed by atoms with E-state index in [1.807, 2.05) is 27.7 Å². The summed E-state index contributed by atoms with van der Waals surface area (Å²) in [7, 11) is 2.86. The van der Waals surface area contributed by atoms with Crippen molar-refractivity contribution < 1.29 is 19.1 Å². The monoisotopic (exact) mass is 313 g/mol. The lowest BCUT2D eigenvalue weighted by atomic mass is 9.96. The van der Waals surface area contributed by atoms with Crippen LogP contribution in [0.2, 0.25) is 0 Å². The van der Waals surface area contributed by atoms with Crippen molar-refractivity contribution >= 4 is 11.9 Å². The molecule has 1 amide bonds. The molecule has 0 fully saturated rings. The molecule has 0 radical (unpaired) electrons. The van der Waals surface area contributed by atoms with E-state index in [1.54, 1.807) is 7.11 Å². The van der Waals surface area contributed by atoms with Gasteiger partial charge in [-0.3, -0.25) is 10.2 Å². The highest BCUT2D eigenvalue weighted by atomic mass is 16.5. The van der Waals surface area contributed by atoms with Crippen LogP contribution in [0, 0.1) is 5.92 Å². The molecule has 22 heavy (non-hydrogen) atoms. The Balaban J connectivity index is 0.00000211. The van der Waals surface area contributed by atoms with E-state index in [-0.39, 0.29) is 23.6 Å². The summed E-state index contributed by atoms with van der Waals surface area (Å²) in [4.78, 5) is 27.6. The second-order valence-corrected chi connectivity index (χ2v) is 4.31. The number of esters is 1. The maximum Gasteiger partial charge on any atom is 0.358 e. The first-order valence-electron chi connectivity index (χ1n) is 7.53. The molecule has 1 N–H and O–H groups in total. The molecule has 1 rings (SSSR count). The SMILES string of the molecule is CC.CCC(OC)C(CC)C(=O)Nn1cncc1C(=O)OC. The largest absolute Gasteiger partial charge is 0.464 e. The second-order valence-electron chi connectivity index (χ2n) is 4.31. The van der Waals surface area contributed by atoms with Crippen LogP contribution in [-0.4, -0.2) is 41.9 Å². The molecule has 1 aromatic rings. The van der Waals surface area contributed by atoms with Crippen molar-refractivity contribution in [1.29, 1.82) is 0 Å². The Labute approximate surface area is 132 Å². The highest BCUT2D eigenvalue weighted by Crippen LogP contribution is 2.16. The third-order valence-electron chi connectivity index (χ3n) is 3.19. The molecule has 7 nitrogen and oxygen atoms in total. The Bertz CT molecular complexity index is 455. The molecule has 0 aliphatic heterocycles. The average Bonchev–Trinajstić information content (AvgIpc) is 3.01. The molecule has 0 saturated heterocycles. The summed E-state index contributed by atoms with van der Waals surface area (Å²) >= 11 is 0. The molecule has 0 aliphatic rings. The number of nitrogens with zero attached hydrogens (tertiary/aromatic N) is 2. The summed E-state index contributed by atoms with van der Waals surface area (Å²) in [5, 5.41) is 0. The van der Waals surface area contributed by atoms with E-state index in [0.29, 0.717) is 6.42 Å². The number of hydrogen-bond acceptors (Lipinski definition) is 5. The van der Waals surface area contributed by atoms with Crippen LogP contribution < -0.4 is 5.43 Å². The molecular formula is C15H27N3O4. The molecule has 0 aliphatic carbocycles. The van der Waals surface area contributed by atoms with Crippen LogP contribution >= 0.6 is 0 Å². The van der Waals surface area contributed by atoms with Crippen molar-refractivity contribution in [3.05, 3.63) is 18.2 Å². The number of carbonyl (C=O) groups is 2. The predicted molar refractivity (Wildman–Crippen MR) is 84.2 cm³/mol. The molecule has 0 bridgehead atoms. The van der Waals surface area contributed by atoms with Gasteiger partial charge in [-0.2, -0.15) is 0 Å². The summed E-state index contributed by atoms with van der Waals surface area (Å²) in [5.74, 6) is -1.07. The van der Waals surface area contributed by atoms with Gasteiger partial charge in [-0.15, -0.1) is 0 Å². The van der Waals surface area contributed by atoms with Crippen LogP contribution in [0.25, 0.3) is 0 Å². The lowest BCUT2D eigenvalue weighted by molar-refractivity contribution is -0.125. The van der Waals surface area contributed by atoms with Gasteiger partial charge in [-0.05, 0) is 12.8 Å². The van der Waals surface area contributed by atoms with E-state index < -0.39 is 5.97 Å². The zero-order valence-corrected chi connectivity index (χ0v) is 14.3. The van der Waals surface area contributed by atoms with Gasteiger partial charge in [-0.25, -0.2) is 14.5 Å². The van der Waals surface area contributed by atoms with Gasteiger partial charge in [0.15, 0.2) is 5.69 Å². The van der Waals surface area contributed by atoms with Crippen molar-refractivity contribution in [2.45, 2.75) is 46.6 Å². The van der Waals surface area contributed by atoms with Crippen LogP contribution in [0.4, 0.5) is 0 Å². The van der Waals surface area contributed by atoms with E-state index in [9.17, 15) is 9.59 Å². The van der Waals surface area contributed by atoms with Gasteiger partial charge in [0.1, 0.15) is 6.33 Å². The third-order valence-corrected chi connectivity index (χ3v) is 3.19. The van der Waals surface area contributed by atoms with Crippen molar-refractivity contribution in [3.8, 4) is 0 Å². The Hall–Kier alpha value is -1.89. The van der Waals surface area contributed by atoms with E-state index in [0.717, 1.165) is 6.42 Å². The Morgan fingerprint density at radius 3 is 2.36 bits per heavy atom. The van der Waals surface area contributed by atoms with Gasteiger partial charge >= 0.3 is 5.97 Å². The minimum Gasteiger partial charge on any atom is -0.464 e. The molecule has 2 unspecified atom stereocenters. The normalized spacial score (nSPS) is 12.6. The standard InChI is InChI=1S/C13H21N3O4.C2H6/c1-5-9(11(6-2)19-3)12(17)15-16-8-14-7-10(16)13(18)20-4;1-2/h7-9,11H,5-6H2,1-4H3,(H,15,17);1-2H3. The fourth-order valence-electron chi connectivity index (χ4n) is 2.07. The number of aromatic nitrogens is 2. The van der Waals surface area contributed by atoms with Crippen LogP contribution in [0.15, 0.2) is 12.5 Å². The summed E-state index contributed by atoms with van der Waals surface area (Å²) in [5.41, 5.74) is 2.81. The molecule has 2 atom stereocenters. The van der Waals surface area contributed by atoms with Crippen molar-refractivity contribution in [3.63, 3.8) is 0 Å². The zero-order chi connectivity index (χ0) is 17.1. The number of hydrogen-bond donors (Lipinski definition) is 1. The fraction of sp³-hybridized carbons (Fsp3) is 0.667. The first kappa shape index (κ1) is 20.1. The molecule has 126 valence electrons. The maximum atomic E-state index is 12.3. The minimum atomic E-state index is -0.561. The van der Waals surface area contributed by atoms with Crippen molar-refractivity contribution in [2.75, 3.05) is 19.6 Å². The Morgan fingerprint density at radius 2 is 1.91 bits per heavy atom. The lowest BCUT2D eigenvalue weighted by Gasteiger charge is -2.23. The summed E-state index contributed by atoms with van der Waals surface area (Å²) in [6.45, 7) is 7.88. The van der Waals surface area contributed by atoms with Gasteiger partial charge in [0.05, 0.1) is 25.3 Å². The van der Waals surface area contributed by atoms with E-state index in [1.165, 1.54) is 24.3 Å². The molecular weight excluding hydrogens is 286 g/mol. The number of ether oxygens (including phenoxy) is 2. The Kier molecular flexibility index (Phi) is 9.86. The minimum absolute atomic E-state index is 0.162. The number of nitrogens with one attached hydrogen (secondary N) is 1. The molecule has 0 saturated carbocycles. The van der Waals surface area contributed by atoms with Gasteiger partial charge in [0, 0.05) is 7.11 Å². The third kappa shape index (κ3) is 5.14. The van der Waals surface area contributed by atoms with Crippen LogP contribution in [-0.2, 0) is 14.3 Å². The Morgan fingerprint density at radius 1 is 1.27 bits per heavy atom. The average molecular weight is 313 g/mol. The molecule has 0 spiro atoms. The molecule has 1 heterocycles. The van der Waals surface area contributed by atoms with Crippen molar-refractivity contribution in [1.82, 2.24) is 9.66 Å². The quantitative estimate of drug-likeness (QED) is 0.780. The van der Waals surface area contributed by atoms with Crippen LogP contribution in [0.3, 0.4) is 0 Å². The van der Waals surface area contributed by atoms with Gasteiger partial charge < -0.3 is 9.47 Å². The first-order chi connectivity index (χ1) is 10.6. The lowest BCUT2D eigenvalue weighted by Crippen LogP contribution is -2.37. The first-order valence-corrected chi connectivity index (χ1v) is 7.53. The summed E-state index contributed by atoms with van der Waals surface area (Å²) in [6, 6.07) is 0. The van der Waals surface area contributed by atoms with Crippen molar-refractivity contribution in [2.24, 2.45) is 5.92 Å². The number of imidazole rings is 1. The molecule has 7 heteroatoms. The fourth-order valence-corrected chi connectivity index (χ4v) is 2.07. The second kappa shape index (κ2) is 10.8. The van der Waals surface area contributed by atoms with E-state index in [4.69, 9.17) is 4.74 Å². The smallest absolute Gasteiger partial charge is 0.358 e. The molecule has 1 aromatic heterocycles.